The molecule has 2 unspecified atom stereocenters. The summed E-state index contributed by atoms with van der Waals surface area (Å²) in [5.74, 6) is 6.72. The zero-order valence-electron chi connectivity index (χ0n) is 11.7. The highest BCUT2D eigenvalue weighted by Gasteiger charge is 2.24. The van der Waals surface area contributed by atoms with Crippen LogP contribution in [0.15, 0.2) is 42.6 Å². The number of hydrogen-bond acceptors (Lipinski definition) is 3. The molecule has 1 aromatic heterocycles. The first kappa shape index (κ1) is 13.8. The fourth-order valence-electron chi connectivity index (χ4n) is 2.23. The topological polar surface area (TPSA) is 55.9 Å². The Bertz CT molecular complexity index is 504. The van der Waals surface area contributed by atoms with Crippen LogP contribution in [0.2, 0.25) is 0 Å². The van der Waals surface area contributed by atoms with E-state index in [-0.39, 0.29) is 6.04 Å². The summed E-state index contributed by atoms with van der Waals surface area (Å²) in [5.41, 5.74) is 5.08. The van der Waals surface area contributed by atoms with Gasteiger partial charge in [0.15, 0.2) is 0 Å². The van der Waals surface area contributed by atoms with Gasteiger partial charge in [-0.2, -0.15) is 5.10 Å². The fourth-order valence-corrected chi connectivity index (χ4v) is 2.23. The van der Waals surface area contributed by atoms with Crippen LogP contribution < -0.4 is 11.3 Å². The maximum atomic E-state index is 5.76. The maximum Gasteiger partial charge on any atom is 0.0661 e. The van der Waals surface area contributed by atoms with E-state index in [1.165, 1.54) is 0 Å². The van der Waals surface area contributed by atoms with Gasteiger partial charge in [0.1, 0.15) is 0 Å². The van der Waals surface area contributed by atoms with E-state index in [0.29, 0.717) is 11.8 Å². The maximum absolute atomic E-state index is 5.76. The van der Waals surface area contributed by atoms with Gasteiger partial charge in [-0.15, -0.1) is 0 Å². The summed E-state index contributed by atoms with van der Waals surface area (Å²) in [7, 11) is 0. The molecule has 1 aromatic carbocycles. The van der Waals surface area contributed by atoms with Gasteiger partial charge in [0.2, 0.25) is 0 Å². The van der Waals surface area contributed by atoms with Crippen molar-refractivity contribution in [2.75, 3.05) is 0 Å². The van der Waals surface area contributed by atoms with Gasteiger partial charge in [-0.1, -0.05) is 39.0 Å². The van der Waals surface area contributed by atoms with Crippen molar-refractivity contribution < 1.29 is 0 Å². The van der Waals surface area contributed by atoms with E-state index in [0.717, 1.165) is 11.4 Å². The van der Waals surface area contributed by atoms with Crippen LogP contribution in [0.1, 0.15) is 32.5 Å². The Morgan fingerprint density at radius 2 is 1.79 bits per heavy atom. The summed E-state index contributed by atoms with van der Waals surface area (Å²) in [5, 5.41) is 4.42. The van der Waals surface area contributed by atoms with E-state index in [1.807, 2.05) is 47.3 Å². The molecular weight excluding hydrogens is 236 g/mol. The molecule has 0 aliphatic carbocycles. The third kappa shape index (κ3) is 2.85. The van der Waals surface area contributed by atoms with Crippen molar-refractivity contribution in [3.8, 4) is 5.69 Å². The highest BCUT2D eigenvalue weighted by molar-refractivity contribution is 5.33. The summed E-state index contributed by atoms with van der Waals surface area (Å²) >= 11 is 0. The molecule has 0 saturated carbocycles. The number of hydrogen-bond donors (Lipinski definition) is 2. The molecule has 0 radical (unpaired) electrons. The molecule has 0 saturated heterocycles. The molecule has 3 N–H and O–H groups in total. The largest absolute Gasteiger partial charge is 0.271 e. The standard InChI is InChI=1S/C15H22N4/c1-11(2)12(3)15(18-16)14-9-10-17-19(14)13-7-5-4-6-8-13/h4-12,15,18H,16H2,1-3H3. The van der Waals surface area contributed by atoms with Gasteiger partial charge >= 0.3 is 0 Å². The van der Waals surface area contributed by atoms with Crippen LogP contribution >= 0.6 is 0 Å². The number of nitrogens with two attached hydrogens (primary N) is 1. The van der Waals surface area contributed by atoms with E-state index in [9.17, 15) is 0 Å². The lowest BCUT2D eigenvalue weighted by atomic mass is 9.89. The minimum absolute atomic E-state index is 0.0858. The minimum atomic E-state index is 0.0858. The molecule has 4 heteroatoms. The minimum Gasteiger partial charge on any atom is -0.271 e. The number of aromatic nitrogens is 2. The zero-order chi connectivity index (χ0) is 13.8. The first-order valence-electron chi connectivity index (χ1n) is 6.70. The average molecular weight is 258 g/mol. The van der Waals surface area contributed by atoms with Crippen LogP contribution in [0.5, 0.6) is 0 Å². The molecule has 2 atom stereocenters. The second-order valence-electron chi connectivity index (χ2n) is 5.25. The Morgan fingerprint density at radius 1 is 1.11 bits per heavy atom. The van der Waals surface area contributed by atoms with Crippen LogP contribution in [0.4, 0.5) is 0 Å². The predicted molar refractivity (Wildman–Crippen MR) is 77.6 cm³/mol. The van der Waals surface area contributed by atoms with Crippen LogP contribution in [-0.2, 0) is 0 Å². The van der Waals surface area contributed by atoms with E-state index in [1.54, 1.807) is 0 Å². The zero-order valence-corrected chi connectivity index (χ0v) is 11.7. The molecule has 4 nitrogen and oxygen atoms in total. The van der Waals surface area contributed by atoms with Gasteiger partial charge in [-0.25, -0.2) is 4.68 Å². The Kier molecular flexibility index (Phi) is 4.35. The molecule has 102 valence electrons. The van der Waals surface area contributed by atoms with Crippen LogP contribution in [0.3, 0.4) is 0 Å². The average Bonchev–Trinajstić information content (AvgIpc) is 2.89. The first-order chi connectivity index (χ1) is 9.15. The van der Waals surface area contributed by atoms with Gasteiger partial charge in [0.05, 0.1) is 17.4 Å². The molecule has 0 spiro atoms. The predicted octanol–water partition coefficient (Wildman–Crippen LogP) is 2.67. The lowest BCUT2D eigenvalue weighted by Crippen LogP contribution is -2.35. The Morgan fingerprint density at radius 3 is 2.37 bits per heavy atom. The number of hydrazine groups is 1. The molecule has 19 heavy (non-hydrogen) atoms. The number of rotatable bonds is 5. The smallest absolute Gasteiger partial charge is 0.0661 e. The fraction of sp³-hybridized carbons (Fsp3) is 0.400. The second kappa shape index (κ2) is 5.99. The summed E-state index contributed by atoms with van der Waals surface area (Å²) in [6.07, 6.45) is 1.82. The molecule has 0 aliphatic rings. The van der Waals surface area contributed by atoms with Gasteiger partial charge in [0, 0.05) is 6.20 Å². The van der Waals surface area contributed by atoms with E-state index in [2.05, 4.69) is 31.3 Å². The summed E-state index contributed by atoms with van der Waals surface area (Å²) in [4.78, 5) is 0. The molecule has 0 fully saturated rings. The SMILES string of the molecule is CC(C)C(C)C(NN)c1ccnn1-c1ccccc1. The van der Waals surface area contributed by atoms with Crippen LogP contribution in [0, 0.1) is 11.8 Å². The lowest BCUT2D eigenvalue weighted by molar-refractivity contribution is 0.297. The number of para-hydroxylation sites is 1. The monoisotopic (exact) mass is 258 g/mol. The third-order valence-corrected chi connectivity index (χ3v) is 3.75. The molecule has 0 bridgehead atoms. The molecule has 0 amide bonds. The molecule has 0 aliphatic heterocycles. The van der Waals surface area contributed by atoms with Crippen molar-refractivity contribution in [1.82, 2.24) is 15.2 Å². The lowest BCUT2D eigenvalue weighted by Gasteiger charge is -2.27. The Labute approximate surface area is 114 Å². The van der Waals surface area contributed by atoms with Crippen LogP contribution in [-0.4, -0.2) is 9.78 Å². The van der Waals surface area contributed by atoms with Crippen LogP contribution in [0.25, 0.3) is 5.69 Å². The van der Waals surface area contributed by atoms with E-state index in [4.69, 9.17) is 5.84 Å². The van der Waals surface area contributed by atoms with Gasteiger partial charge in [0.25, 0.3) is 0 Å². The normalized spacial score (nSPS) is 14.6. The van der Waals surface area contributed by atoms with Crippen molar-refractivity contribution in [3.63, 3.8) is 0 Å². The number of benzene rings is 1. The van der Waals surface area contributed by atoms with Crippen molar-refractivity contribution in [1.29, 1.82) is 0 Å². The third-order valence-electron chi connectivity index (χ3n) is 3.75. The Hall–Kier alpha value is -1.65. The molecule has 2 aromatic rings. The highest BCUT2D eigenvalue weighted by atomic mass is 15.3. The molecular formula is C15H22N4. The van der Waals surface area contributed by atoms with E-state index < -0.39 is 0 Å². The molecule has 2 rings (SSSR count). The second-order valence-corrected chi connectivity index (χ2v) is 5.25. The van der Waals surface area contributed by atoms with Crippen molar-refractivity contribution in [2.45, 2.75) is 26.8 Å². The quantitative estimate of drug-likeness (QED) is 0.640. The van der Waals surface area contributed by atoms with Gasteiger partial charge < -0.3 is 0 Å². The summed E-state index contributed by atoms with van der Waals surface area (Å²) < 4.78 is 1.95. The number of nitrogens with one attached hydrogen (secondary N) is 1. The van der Waals surface area contributed by atoms with Crippen molar-refractivity contribution in [3.05, 3.63) is 48.3 Å². The molecule has 1 heterocycles. The van der Waals surface area contributed by atoms with Gasteiger partial charge in [-0.05, 0) is 30.0 Å². The highest BCUT2D eigenvalue weighted by Crippen LogP contribution is 2.28. The first-order valence-corrected chi connectivity index (χ1v) is 6.70. The van der Waals surface area contributed by atoms with Crippen molar-refractivity contribution >= 4 is 0 Å². The van der Waals surface area contributed by atoms with Gasteiger partial charge in [-0.3, -0.25) is 11.3 Å². The summed E-state index contributed by atoms with van der Waals surface area (Å²) in [6, 6.07) is 12.2. The Balaban J connectivity index is 2.38. The van der Waals surface area contributed by atoms with E-state index >= 15 is 0 Å². The summed E-state index contributed by atoms with van der Waals surface area (Å²) in [6.45, 7) is 6.62. The van der Waals surface area contributed by atoms with Crippen molar-refractivity contribution in [2.24, 2.45) is 17.7 Å². The number of nitrogens with zero attached hydrogens (tertiary/aromatic N) is 2.